The molecule has 0 saturated heterocycles. The largest absolute Gasteiger partial charge is 0.497 e. The van der Waals surface area contributed by atoms with Crippen molar-refractivity contribution in [1.29, 1.82) is 0 Å². The van der Waals surface area contributed by atoms with Crippen LogP contribution in [0.3, 0.4) is 0 Å². The van der Waals surface area contributed by atoms with Gasteiger partial charge in [0.1, 0.15) is 12.3 Å². The molecule has 33 heavy (non-hydrogen) atoms. The molecule has 0 spiro atoms. The predicted octanol–water partition coefficient (Wildman–Crippen LogP) is 4.99. The van der Waals surface area contributed by atoms with Crippen LogP contribution in [-0.4, -0.2) is 28.0 Å². The smallest absolute Gasteiger partial charge is 0.264 e. The summed E-state index contributed by atoms with van der Waals surface area (Å²) < 4.78 is 33.5. The van der Waals surface area contributed by atoms with Crippen molar-refractivity contribution < 1.29 is 17.9 Å². The topological polar surface area (TPSA) is 75.7 Å². The van der Waals surface area contributed by atoms with Crippen LogP contribution in [0, 0.1) is 6.92 Å². The van der Waals surface area contributed by atoms with E-state index in [2.05, 4.69) is 5.32 Å². The van der Waals surface area contributed by atoms with Gasteiger partial charge >= 0.3 is 0 Å². The second-order valence-electron chi connectivity index (χ2n) is 7.60. The molecule has 1 amide bonds. The number of hydrogen-bond donors (Lipinski definition) is 1. The number of anilines is 2. The number of benzene rings is 4. The molecule has 0 radical (unpaired) electrons. The number of rotatable bonds is 7. The van der Waals surface area contributed by atoms with Crippen LogP contribution in [0.25, 0.3) is 10.8 Å². The van der Waals surface area contributed by atoms with Crippen molar-refractivity contribution in [3.63, 3.8) is 0 Å². The number of amides is 1. The van der Waals surface area contributed by atoms with Gasteiger partial charge in [-0.25, -0.2) is 8.42 Å². The number of nitrogens with one attached hydrogen (secondary N) is 1. The van der Waals surface area contributed by atoms with Gasteiger partial charge in [0, 0.05) is 17.1 Å². The fraction of sp³-hybridized carbons (Fsp3) is 0.115. The molecule has 0 bridgehead atoms. The van der Waals surface area contributed by atoms with Crippen molar-refractivity contribution in [3.05, 3.63) is 96.6 Å². The minimum absolute atomic E-state index is 0.105. The van der Waals surface area contributed by atoms with E-state index in [-0.39, 0.29) is 4.90 Å². The van der Waals surface area contributed by atoms with E-state index in [0.29, 0.717) is 17.1 Å². The fourth-order valence-electron chi connectivity index (χ4n) is 3.57. The van der Waals surface area contributed by atoms with E-state index >= 15 is 0 Å². The Morgan fingerprint density at radius 2 is 1.61 bits per heavy atom. The Morgan fingerprint density at radius 1 is 0.909 bits per heavy atom. The summed E-state index contributed by atoms with van der Waals surface area (Å²) in [5, 5.41) is 4.73. The summed E-state index contributed by atoms with van der Waals surface area (Å²) in [5.41, 5.74) is 1.90. The zero-order valence-corrected chi connectivity index (χ0v) is 19.2. The second-order valence-corrected chi connectivity index (χ2v) is 9.46. The molecule has 4 aromatic carbocycles. The molecular weight excluding hydrogens is 436 g/mol. The number of hydrogen-bond acceptors (Lipinski definition) is 4. The molecule has 4 aromatic rings. The summed E-state index contributed by atoms with van der Waals surface area (Å²) in [6.07, 6.45) is 0. The van der Waals surface area contributed by atoms with Crippen molar-refractivity contribution in [2.45, 2.75) is 11.8 Å². The second kappa shape index (κ2) is 9.34. The van der Waals surface area contributed by atoms with Crippen molar-refractivity contribution in [2.24, 2.45) is 0 Å². The third-order valence-electron chi connectivity index (χ3n) is 5.30. The molecule has 0 saturated carbocycles. The van der Waals surface area contributed by atoms with E-state index in [1.807, 2.05) is 43.3 Å². The van der Waals surface area contributed by atoms with Crippen LogP contribution in [0.4, 0.5) is 11.4 Å². The van der Waals surface area contributed by atoms with E-state index < -0.39 is 22.5 Å². The van der Waals surface area contributed by atoms with Gasteiger partial charge in [-0.1, -0.05) is 60.2 Å². The van der Waals surface area contributed by atoms with Crippen LogP contribution in [-0.2, 0) is 14.8 Å². The zero-order chi connectivity index (χ0) is 23.4. The lowest BCUT2D eigenvalue weighted by atomic mass is 10.1. The molecule has 6 nitrogen and oxygen atoms in total. The van der Waals surface area contributed by atoms with Crippen LogP contribution in [0.15, 0.2) is 95.9 Å². The number of aryl methyl sites for hydroxylation is 1. The van der Waals surface area contributed by atoms with Crippen molar-refractivity contribution in [1.82, 2.24) is 0 Å². The number of carbonyl (C=O) groups excluding carboxylic acids is 1. The molecule has 0 heterocycles. The Labute approximate surface area is 193 Å². The molecule has 168 valence electrons. The van der Waals surface area contributed by atoms with Crippen molar-refractivity contribution in [2.75, 3.05) is 23.3 Å². The molecule has 7 heteroatoms. The number of methoxy groups -OCH3 is 1. The normalized spacial score (nSPS) is 11.2. The SMILES string of the molecule is COc1cccc(N(CC(=O)Nc2cccc3ccccc23)S(=O)(=O)c2ccc(C)cc2)c1. The van der Waals surface area contributed by atoms with Gasteiger partial charge in [-0.2, -0.15) is 0 Å². The monoisotopic (exact) mass is 460 g/mol. The van der Waals surface area contributed by atoms with Crippen LogP contribution in [0.2, 0.25) is 0 Å². The van der Waals surface area contributed by atoms with Gasteiger partial charge in [0.25, 0.3) is 10.0 Å². The number of sulfonamides is 1. The molecule has 0 aliphatic rings. The number of nitrogens with zero attached hydrogens (tertiary/aromatic N) is 1. The standard InChI is InChI=1S/C26H24N2O4S/c1-19-13-15-23(16-14-19)33(30,31)28(21-9-6-10-22(17-21)32-2)18-26(29)27-25-12-5-8-20-7-3-4-11-24(20)25/h3-17H,18H2,1-2H3,(H,27,29). The van der Waals surface area contributed by atoms with Crippen LogP contribution in [0.5, 0.6) is 5.75 Å². The van der Waals surface area contributed by atoms with Crippen molar-refractivity contribution in [3.8, 4) is 5.75 Å². The molecule has 0 unspecified atom stereocenters. The molecule has 0 aliphatic heterocycles. The summed E-state index contributed by atoms with van der Waals surface area (Å²) in [5.74, 6) is 0.0379. The first kappa shape index (κ1) is 22.4. The molecule has 0 atom stereocenters. The Morgan fingerprint density at radius 3 is 2.36 bits per heavy atom. The quantitative estimate of drug-likeness (QED) is 0.422. The van der Waals surface area contributed by atoms with E-state index in [9.17, 15) is 13.2 Å². The van der Waals surface area contributed by atoms with E-state index in [1.165, 1.54) is 7.11 Å². The van der Waals surface area contributed by atoms with Gasteiger partial charge in [0.2, 0.25) is 5.91 Å². The first-order chi connectivity index (χ1) is 15.9. The highest BCUT2D eigenvalue weighted by Gasteiger charge is 2.27. The Kier molecular flexibility index (Phi) is 6.33. The van der Waals surface area contributed by atoms with E-state index in [4.69, 9.17) is 4.74 Å². The Bertz CT molecular complexity index is 1390. The molecule has 0 aromatic heterocycles. The number of ether oxygens (including phenoxy) is 1. The maximum atomic E-state index is 13.5. The lowest BCUT2D eigenvalue weighted by molar-refractivity contribution is -0.114. The highest BCUT2D eigenvalue weighted by molar-refractivity contribution is 7.92. The lowest BCUT2D eigenvalue weighted by Gasteiger charge is -2.24. The number of carbonyl (C=O) groups is 1. The lowest BCUT2D eigenvalue weighted by Crippen LogP contribution is -2.38. The first-order valence-electron chi connectivity index (χ1n) is 10.4. The van der Waals surface area contributed by atoms with Crippen LogP contribution < -0.4 is 14.4 Å². The summed E-state index contributed by atoms with van der Waals surface area (Å²) in [6, 6.07) is 26.5. The van der Waals surface area contributed by atoms with Gasteiger partial charge in [0.05, 0.1) is 17.7 Å². The Hall–Kier alpha value is -3.84. The first-order valence-corrected chi connectivity index (χ1v) is 11.8. The summed E-state index contributed by atoms with van der Waals surface area (Å²) in [6.45, 7) is 1.49. The summed E-state index contributed by atoms with van der Waals surface area (Å²) >= 11 is 0. The maximum Gasteiger partial charge on any atom is 0.264 e. The molecule has 4 rings (SSSR count). The highest BCUT2D eigenvalue weighted by atomic mass is 32.2. The minimum Gasteiger partial charge on any atom is -0.497 e. The minimum atomic E-state index is -4.01. The average Bonchev–Trinajstić information content (AvgIpc) is 2.83. The third-order valence-corrected chi connectivity index (χ3v) is 7.09. The van der Waals surface area contributed by atoms with Gasteiger partial charge in [0.15, 0.2) is 0 Å². The summed E-state index contributed by atoms with van der Waals surface area (Å²) in [7, 11) is -2.50. The van der Waals surface area contributed by atoms with E-state index in [1.54, 1.807) is 54.6 Å². The maximum absolute atomic E-state index is 13.5. The molecule has 0 fully saturated rings. The predicted molar refractivity (Wildman–Crippen MR) is 131 cm³/mol. The zero-order valence-electron chi connectivity index (χ0n) is 18.4. The number of fused-ring (bicyclic) bond motifs is 1. The van der Waals surface area contributed by atoms with Gasteiger partial charge in [-0.05, 0) is 42.6 Å². The van der Waals surface area contributed by atoms with Crippen molar-refractivity contribution >= 4 is 38.1 Å². The highest BCUT2D eigenvalue weighted by Crippen LogP contribution is 2.28. The Balaban J connectivity index is 1.70. The average molecular weight is 461 g/mol. The van der Waals surface area contributed by atoms with Gasteiger partial charge in [-0.15, -0.1) is 0 Å². The summed E-state index contributed by atoms with van der Waals surface area (Å²) in [4.78, 5) is 13.2. The van der Waals surface area contributed by atoms with Gasteiger partial charge < -0.3 is 10.1 Å². The third kappa shape index (κ3) is 4.83. The van der Waals surface area contributed by atoms with Crippen LogP contribution >= 0.6 is 0 Å². The van der Waals surface area contributed by atoms with Gasteiger partial charge in [-0.3, -0.25) is 9.10 Å². The molecule has 1 N–H and O–H groups in total. The molecule has 0 aliphatic carbocycles. The fourth-order valence-corrected chi connectivity index (χ4v) is 4.99. The van der Waals surface area contributed by atoms with Crippen LogP contribution in [0.1, 0.15) is 5.56 Å². The molecular formula is C26H24N2O4S. The van der Waals surface area contributed by atoms with E-state index in [0.717, 1.165) is 20.6 Å².